The first-order chi connectivity index (χ1) is 9.52. The minimum Gasteiger partial charge on any atom is -1.00 e. The molecule has 1 aliphatic rings. The van der Waals surface area contributed by atoms with E-state index in [4.69, 9.17) is 0 Å². The Balaban J connectivity index is 0.00000121. The number of fused-ring (bicyclic) bond motifs is 1. The van der Waals surface area contributed by atoms with Gasteiger partial charge in [-0.1, -0.05) is 0 Å². The third-order valence-electron chi connectivity index (χ3n) is 4.04. The van der Waals surface area contributed by atoms with Crippen LogP contribution in [-0.4, -0.2) is 4.98 Å². The van der Waals surface area contributed by atoms with Crippen LogP contribution in [0.15, 0.2) is 59.8 Å². The minimum atomic E-state index is -0.159. The van der Waals surface area contributed by atoms with Gasteiger partial charge in [-0.15, -0.1) is 0 Å². The largest absolute Gasteiger partial charge is 1.00 e. The zero-order chi connectivity index (χ0) is 14.3. The van der Waals surface area contributed by atoms with Crippen LogP contribution in [0.5, 0.6) is 0 Å². The molecule has 0 N–H and O–H groups in total. The fourth-order valence-corrected chi connectivity index (χ4v) is 3.34. The van der Waals surface area contributed by atoms with Gasteiger partial charge in [-0.05, 0) is 0 Å². The van der Waals surface area contributed by atoms with Crippen molar-refractivity contribution in [1.82, 2.24) is 4.98 Å². The van der Waals surface area contributed by atoms with E-state index in [1.807, 2.05) is 12.3 Å². The molecule has 1 aliphatic carbocycles. The van der Waals surface area contributed by atoms with Crippen molar-refractivity contribution in [1.29, 1.82) is 0 Å². The Labute approximate surface area is 153 Å². The van der Waals surface area contributed by atoms with Gasteiger partial charge in [-0.2, -0.15) is 0 Å². The van der Waals surface area contributed by atoms with Crippen LogP contribution in [0.25, 0.3) is 10.9 Å². The van der Waals surface area contributed by atoms with E-state index in [9.17, 15) is 0 Å². The van der Waals surface area contributed by atoms with E-state index in [-0.39, 0.29) is 29.1 Å². The number of halogens is 2. The molecule has 0 bridgehead atoms. The molecule has 1 heterocycles. The maximum atomic E-state index is 4.60. The third kappa shape index (κ3) is 3.12. The van der Waals surface area contributed by atoms with E-state index >= 15 is 0 Å². The van der Waals surface area contributed by atoms with E-state index < -0.39 is 0 Å². The molecule has 0 saturated carbocycles. The van der Waals surface area contributed by atoms with Crippen molar-refractivity contribution in [2.24, 2.45) is 5.92 Å². The van der Waals surface area contributed by atoms with Gasteiger partial charge in [0.25, 0.3) is 0 Å². The van der Waals surface area contributed by atoms with Crippen molar-refractivity contribution in [2.45, 2.75) is 25.0 Å². The van der Waals surface area contributed by atoms with Crippen LogP contribution in [0.1, 0.15) is 26.3 Å². The van der Waals surface area contributed by atoms with Gasteiger partial charge in [0, 0.05) is 0 Å². The number of para-hydroxylation sites is 1. The van der Waals surface area contributed by atoms with Crippen LogP contribution >= 0.6 is 0 Å². The number of hydrogen-bond donors (Lipinski definition) is 0. The summed E-state index contributed by atoms with van der Waals surface area (Å²) in [7, 11) is 0. The van der Waals surface area contributed by atoms with Gasteiger partial charge in [0.2, 0.25) is 0 Å². The molecule has 0 radical (unpaired) electrons. The van der Waals surface area contributed by atoms with Gasteiger partial charge >= 0.3 is 129 Å². The molecule has 115 valence electrons. The number of benzene rings is 1. The zero-order valence-corrected chi connectivity index (χ0v) is 15.6. The summed E-state index contributed by atoms with van der Waals surface area (Å²) in [5, 5.41) is 1.19. The molecule has 1 unspecified atom stereocenters. The van der Waals surface area contributed by atoms with Crippen molar-refractivity contribution in [3.05, 3.63) is 65.4 Å². The molecule has 2 aromatic rings. The number of aromatic nitrogens is 1. The molecule has 22 heavy (non-hydrogen) atoms. The summed E-state index contributed by atoms with van der Waals surface area (Å²) in [6.07, 6.45) is 6.54. The summed E-state index contributed by atoms with van der Waals surface area (Å²) in [5.41, 5.74) is 5.08. The monoisotopic (exact) mass is 370 g/mol. The van der Waals surface area contributed by atoms with Gasteiger partial charge in [0.1, 0.15) is 0 Å². The van der Waals surface area contributed by atoms with E-state index in [0.29, 0.717) is 5.92 Å². The quantitative estimate of drug-likeness (QED) is 0.628. The second-order valence-electron chi connectivity index (χ2n) is 5.74. The van der Waals surface area contributed by atoms with E-state index in [1.165, 1.54) is 22.1 Å². The summed E-state index contributed by atoms with van der Waals surface area (Å²) >= 11 is 3.41. The number of pyridine rings is 1. The fourth-order valence-electron chi connectivity index (χ4n) is 2.77. The Morgan fingerprint density at radius 1 is 1.09 bits per heavy atom. The topological polar surface area (TPSA) is 12.9 Å². The summed E-state index contributed by atoms with van der Waals surface area (Å²) in [6.45, 7) is 6.68. The predicted octanol–water partition coefficient (Wildman–Crippen LogP) is -1.47. The van der Waals surface area contributed by atoms with E-state index in [2.05, 4.69) is 78.5 Å². The van der Waals surface area contributed by atoms with Gasteiger partial charge in [-0.3, -0.25) is 0 Å². The molecule has 0 fully saturated rings. The van der Waals surface area contributed by atoms with Gasteiger partial charge in [0.15, 0.2) is 0 Å². The van der Waals surface area contributed by atoms with Crippen molar-refractivity contribution >= 4 is 10.9 Å². The van der Waals surface area contributed by atoms with Crippen LogP contribution in [0.4, 0.5) is 0 Å². The minimum absolute atomic E-state index is 0. The summed E-state index contributed by atoms with van der Waals surface area (Å²) < 4.78 is -0.159. The Kier molecular flexibility index (Phi) is 6.30. The van der Waals surface area contributed by atoms with Crippen molar-refractivity contribution < 1.29 is 41.1 Å². The van der Waals surface area contributed by atoms with Crippen LogP contribution in [0, 0.1) is 5.92 Å². The smallest absolute Gasteiger partial charge is 1.00 e. The first-order valence-electron chi connectivity index (χ1n) is 6.98. The number of allylic oxidation sites excluding steroid dienone is 4. The Bertz CT molecular complexity index is 731. The molecule has 1 aromatic carbocycles. The van der Waals surface area contributed by atoms with E-state index in [1.54, 1.807) is 0 Å². The molecule has 4 heteroatoms. The number of nitrogens with zero attached hydrogens (tertiary/aromatic N) is 1. The maximum Gasteiger partial charge on any atom is -1.00 e. The summed E-state index contributed by atoms with van der Waals surface area (Å²) in [5.74, 6) is 0.545. The molecule has 0 aliphatic heterocycles. The molecular weight excluding hydrogens is 353 g/mol. The Morgan fingerprint density at radius 2 is 1.77 bits per heavy atom. The third-order valence-corrected chi connectivity index (χ3v) is 5.07. The Hall–Kier alpha value is -0.778. The van der Waals surface area contributed by atoms with Gasteiger partial charge in [0.05, 0.1) is 0 Å². The first kappa shape index (κ1) is 19.3. The number of hydrogen-bond acceptors (Lipinski definition) is 1. The average Bonchev–Trinajstić information content (AvgIpc) is 2.75. The second kappa shape index (κ2) is 7.20. The van der Waals surface area contributed by atoms with Crippen molar-refractivity contribution in [3.63, 3.8) is 0 Å². The van der Waals surface area contributed by atoms with Crippen LogP contribution in [0.3, 0.4) is 0 Å². The number of rotatable bonds is 2. The van der Waals surface area contributed by atoms with Crippen LogP contribution in [-0.2, 0) is 20.6 Å². The zero-order valence-electron chi connectivity index (χ0n) is 12.8. The van der Waals surface area contributed by atoms with Gasteiger partial charge < -0.3 is 24.8 Å². The molecule has 1 atom stereocenters. The van der Waals surface area contributed by atoms with Crippen molar-refractivity contribution in [3.8, 4) is 0 Å². The standard InChI is InChI=1S/C18H18N.2ClH.Cr/c1-12(2)15-10-13(3)17(11-15)16-8-4-6-14-7-5-9-19-18(14)16;;;/h4-12H,1-3H3;2*1H;/q;;;+2/p-2. The Morgan fingerprint density at radius 3 is 2.41 bits per heavy atom. The fraction of sp³-hybridized carbons (Fsp3) is 0.278. The molecule has 1 aromatic heterocycles. The normalized spacial score (nSPS) is 20.1. The molecule has 1 nitrogen and oxygen atoms in total. The molecular formula is C18H18Cl2CrN. The maximum absolute atomic E-state index is 4.60. The SMILES string of the molecule is CC1=CC(C(C)C)=C[C]1([Cr+2])c1cccc2cccnc12.[Cl-].[Cl-]. The van der Waals surface area contributed by atoms with Crippen LogP contribution < -0.4 is 24.8 Å². The molecule has 0 spiro atoms. The predicted molar refractivity (Wildman–Crippen MR) is 80.1 cm³/mol. The average molecular weight is 371 g/mol. The van der Waals surface area contributed by atoms with E-state index in [0.717, 1.165) is 5.52 Å². The summed E-state index contributed by atoms with van der Waals surface area (Å²) in [6, 6.07) is 10.5. The molecule has 3 rings (SSSR count). The molecule has 0 amide bonds. The summed E-state index contributed by atoms with van der Waals surface area (Å²) in [4.78, 5) is 4.60. The van der Waals surface area contributed by atoms with Gasteiger partial charge in [-0.25, -0.2) is 0 Å². The molecule has 0 saturated heterocycles. The van der Waals surface area contributed by atoms with Crippen molar-refractivity contribution in [2.75, 3.05) is 0 Å². The van der Waals surface area contributed by atoms with Crippen LogP contribution in [0.2, 0.25) is 0 Å². The second-order valence-corrected chi connectivity index (χ2v) is 6.75. The first-order valence-corrected chi connectivity index (χ1v) is 7.62.